The number of fused-ring (bicyclic) bond motifs is 1. The lowest BCUT2D eigenvalue weighted by Crippen LogP contribution is -2.28. The molecule has 1 aliphatic carbocycles. The van der Waals surface area contributed by atoms with Crippen molar-refractivity contribution in [1.82, 2.24) is 4.90 Å². The monoisotopic (exact) mass is 317 g/mol. The predicted octanol–water partition coefficient (Wildman–Crippen LogP) is 4.89. The van der Waals surface area contributed by atoms with Crippen molar-refractivity contribution in [2.75, 3.05) is 19.6 Å². The first-order valence-electron chi connectivity index (χ1n) is 9.76. The van der Waals surface area contributed by atoms with Crippen molar-refractivity contribution < 1.29 is 5.11 Å². The van der Waals surface area contributed by atoms with Crippen molar-refractivity contribution >= 4 is 0 Å². The van der Waals surface area contributed by atoms with Gasteiger partial charge < -0.3 is 10.0 Å². The number of nitrogens with zero attached hydrogens (tertiary/aromatic N) is 1. The van der Waals surface area contributed by atoms with Gasteiger partial charge in [0.25, 0.3) is 0 Å². The Morgan fingerprint density at radius 1 is 0.957 bits per heavy atom. The maximum Gasteiger partial charge on any atom is 0.0802 e. The van der Waals surface area contributed by atoms with Gasteiger partial charge >= 0.3 is 0 Å². The summed E-state index contributed by atoms with van der Waals surface area (Å²) in [5, 5.41) is 10.6. The van der Waals surface area contributed by atoms with Gasteiger partial charge in [0.2, 0.25) is 0 Å². The summed E-state index contributed by atoms with van der Waals surface area (Å²) in [6.07, 6.45) is 10.6. The van der Waals surface area contributed by atoms with E-state index in [0.717, 1.165) is 18.5 Å². The minimum Gasteiger partial charge on any atom is -0.388 e. The Bertz CT molecular complexity index is 449. The normalized spacial score (nSPS) is 15.7. The van der Waals surface area contributed by atoms with E-state index in [4.69, 9.17) is 0 Å². The van der Waals surface area contributed by atoms with Crippen LogP contribution in [0.3, 0.4) is 0 Å². The molecule has 1 N–H and O–H groups in total. The molecule has 1 aromatic carbocycles. The standard InChI is InChI=1S/C21H35NO/c1-3-5-14-22(15-6-4-2)16-13-21(23)20-12-11-18-9-7-8-10-19(18)17-20/h11-12,17,21,23H,3-10,13-16H2,1-2H3. The molecular weight excluding hydrogens is 282 g/mol. The Hall–Kier alpha value is -0.860. The smallest absolute Gasteiger partial charge is 0.0802 e. The average molecular weight is 318 g/mol. The fourth-order valence-corrected chi connectivity index (χ4v) is 3.53. The van der Waals surface area contributed by atoms with Gasteiger partial charge in [0.1, 0.15) is 0 Å². The second kappa shape index (κ2) is 10.1. The minimum atomic E-state index is -0.312. The van der Waals surface area contributed by atoms with Gasteiger partial charge in [-0.3, -0.25) is 0 Å². The van der Waals surface area contributed by atoms with Crippen LogP contribution in [0.5, 0.6) is 0 Å². The Morgan fingerprint density at radius 3 is 2.26 bits per heavy atom. The van der Waals surface area contributed by atoms with Crippen molar-refractivity contribution in [1.29, 1.82) is 0 Å². The molecule has 0 spiro atoms. The number of benzene rings is 1. The molecule has 1 aromatic rings. The quantitative estimate of drug-likeness (QED) is 0.664. The van der Waals surface area contributed by atoms with Gasteiger partial charge in [0, 0.05) is 6.54 Å². The molecule has 0 fully saturated rings. The molecule has 0 radical (unpaired) electrons. The molecule has 0 saturated carbocycles. The topological polar surface area (TPSA) is 23.5 Å². The fourth-order valence-electron chi connectivity index (χ4n) is 3.53. The van der Waals surface area contributed by atoms with Crippen LogP contribution in [0.15, 0.2) is 18.2 Å². The zero-order valence-electron chi connectivity index (χ0n) is 15.2. The van der Waals surface area contributed by atoms with Crippen LogP contribution in [0.2, 0.25) is 0 Å². The Labute approximate surface area is 142 Å². The summed E-state index contributed by atoms with van der Waals surface area (Å²) >= 11 is 0. The van der Waals surface area contributed by atoms with Crippen molar-refractivity contribution in [3.8, 4) is 0 Å². The van der Waals surface area contributed by atoms with Crippen LogP contribution in [0.1, 0.15) is 81.6 Å². The van der Waals surface area contributed by atoms with E-state index in [1.54, 1.807) is 0 Å². The van der Waals surface area contributed by atoms with Gasteiger partial charge in [-0.05, 0) is 74.7 Å². The zero-order valence-corrected chi connectivity index (χ0v) is 15.2. The Kier molecular flexibility index (Phi) is 8.11. The molecule has 1 atom stereocenters. The molecular formula is C21H35NO. The van der Waals surface area contributed by atoms with Gasteiger partial charge in [0.15, 0.2) is 0 Å². The zero-order chi connectivity index (χ0) is 16.5. The predicted molar refractivity (Wildman–Crippen MR) is 98.9 cm³/mol. The summed E-state index contributed by atoms with van der Waals surface area (Å²) in [6.45, 7) is 7.86. The third kappa shape index (κ3) is 5.93. The first-order chi connectivity index (χ1) is 11.2. The van der Waals surface area contributed by atoms with Gasteiger partial charge in [-0.15, -0.1) is 0 Å². The number of aryl methyl sites for hydroxylation is 2. The van der Waals surface area contributed by atoms with Crippen molar-refractivity contribution in [2.45, 2.75) is 77.7 Å². The maximum absolute atomic E-state index is 10.6. The van der Waals surface area contributed by atoms with Gasteiger partial charge in [-0.1, -0.05) is 44.9 Å². The Balaban J connectivity index is 1.87. The molecule has 2 heteroatoms. The molecule has 0 aromatic heterocycles. The van der Waals surface area contributed by atoms with Gasteiger partial charge in [0.05, 0.1) is 6.10 Å². The highest BCUT2D eigenvalue weighted by Gasteiger charge is 2.14. The molecule has 0 amide bonds. The number of aliphatic hydroxyl groups excluding tert-OH is 1. The van der Waals surface area contributed by atoms with E-state index in [1.165, 1.54) is 75.6 Å². The number of hydrogen-bond acceptors (Lipinski definition) is 2. The van der Waals surface area contributed by atoms with Gasteiger partial charge in [-0.25, -0.2) is 0 Å². The summed E-state index contributed by atoms with van der Waals surface area (Å²) in [6, 6.07) is 6.66. The lowest BCUT2D eigenvalue weighted by atomic mass is 9.89. The summed E-state index contributed by atoms with van der Waals surface area (Å²) in [4.78, 5) is 2.54. The average Bonchev–Trinajstić information content (AvgIpc) is 2.60. The third-order valence-corrected chi connectivity index (χ3v) is 5.13. The molecule has 0 aliphatic heterocycles. The lowest BCUT2D eigenvalue weighted by Gasteiger charge is -2.24. The van der Waals surface area contributed by atoms with E-state index in [0.29, 0.717) is 0 Å². The number of aliphatic hydroxyl groups is 1. The largest absolute Gasteiger partial charge is 0.388 e. The second-order valence-corrected chi connectivity index (χ2v) is 7.09. The van der Waals surface area contributed by atoms with Crippen LogP contribution in [-0.4, -0.2) is 29.6 Å². The van der Waals surface area contributed by atoms with E-state index in [-0.39, 0.29) is 6.10 Å². The minimum absolute atomic E-state index is 0.312. The molecule has 1 aliphatic rings. The molecule has 0 bridgehead atoms. The van der Waals surface area contributed by atoms with E-state index < -0.39 is 0 Å². The highest BCUT2D eigenvalue weighted by atomic mass is 16.3. The van der Waals surface area contributed by atoms with Crippen molar-refractivity contribution in [2.24, 2.45) is 0 Å². The second-order valence-electron chi connectivity index (χ2n) is 7.09. The van der Waals surface area contributed by atoms with Crippen LogP contribution in [0.25, 0.3) is 0 Å². The first kappa shape index (κ1) is 18.5. The third-order valence-electron chi connectivity index (χ3n) is 5.13. The summed E-state index contributed by atoms with van der Waals surface area (Å²) < 4.78 is 0. The van der Waals surface area contributed by atoms with E-state index in [2.05, 4.69) is 36.9 Å². The van der Waals surface area contributed by atoms with Crippen molar-refractivity contribution in [3.63, 3.8) is 0 Å². The van der Waals surface area contributed by atoms with Crippen molar-refractivity contribution in [3.05, 3.63) is 34.9 Å². The van der Waals surface area contributed by atoms with Crippen LogP contribution in [-0.2, 0) is 12.8 Å². The Morgan fingerprint density at radius 2 is 1.61 bits per heavy atom. The lowest BCUT2D eigenvalue weighted by molar-refractivity contribution is 0.140. The fraction of sp³-hybridized carbons (Fsp3) is 0.714. The highest BCUT2D eigenvalue weighted by molar-refractivity contribution is 5.34. The first-order valence-corrected chi connectivity index (χ1v) is 9.76. The molecule has 2 rings (SSSR count). The van der Waals surface area contributed by atoms with Crippen LogP contribution >= 0.6 is 0 Å². The molecule has 0 heterocycles. The number of unbranched alkanes of at least 4 members (excludes halogenated alkanes) is 2. The van der Waals surface area contributed by atoms with E-state index in [9.17, 15) is 5.11 Å². The summed E-state index contributed by atoms with van der Waals surface area (Å²) in [5.74, 6) is 0. The number of rotatable bonds is 10. The maximum atomic E-state index is 10.6. The van der Waals surface area contributed by atoms with Crippen LogP contribution in [0.4, 0.5) is 0 Å². The molecule has 0 saturated heterocycles. The summed E-state index contributed by atoms with van der Waals surface area (Å²) in [5.41, 5.74) is 4.10. The van der Waals surface area contributed by atoms with Crippen LogP contribution in [0, 0.1) is 0 Å². The SMILES string of the molecule is CCCCN(CCCC)CCC(O)c1ccc2c(c1)CCCC2. The molecule has 2 nitrogen and oxygen atoms in total. The number of hydrogen-bond donors (Lipinski definition) is 1. The highest BCUT2D eigenvalue weighted by Crippen LogP contribution is 2.26. The molecule has 130 valence electrons. The molecule has 23 heavy (non-hydrogen) atoms. The van der Waals surface area contributed by atoms with E-state index >= 15 is 0 Å². The van der Waals surface area contributed by atoms with Gasteiger partial charge in [-0.2, -0.15) is 0 Å². The molecule has 1 unspecified atom stereocenters. The summed E-state index contributed by atoms with van der Waals surface area (Å²) in [7, 11) is 0. The van der Waals surface area contributed by atoms with E-state index in [1.807, 2.05) is 0 Å². The van der Waals surface area contributed by atoms with Crippen LogP contribution < -0.4 is 0 Å².